The van der Waals surface area contributed by atoms with Gasteiger partial charge in [-0.05, 0) is 66.8 Å². The summed E-state index contributed by atoms with van der Waals surface area (Å²) in [6.07, 6.45) is 6.25. The molecular formula is C25H27Cl2N5O. The molecule has 172 valence electrons. The fourth-order valence-electron chi connectivity index (χ4n) is 4.72. The minimum atomic E-state index is -0.600. The molecule has 3 heterocycles. The molecule has 0 aliphatic carbocycles. The lowest BCUT2D eigenvalue weighted by Gasteiger charge is -2.32. The number of benzene rings is 2. The van der Waals surface area contributed by atoms with Crippen molar-refractivity contribution < 1.29 is 4.79 Å². The summed E-state index contributed by atoms with van der Waals surface area (Å²) in [7, 11) is 0. The van der Waals surface area contributed by atoms with Crippen LogP contribution in [-0.2, 0) is 17.8 Å². The highest BCUT2D eigenvalue weighted by atomic mass is 35.5. The largest absolute Gasteiger partial charge is 0.361 e. The molecular weight excluding hydrogens is 457 g/mol. The summed E-state index contributed by atoms with van der Waals surface area (Å²) in [6, 6.07) is 11.2. The molecule has 5 N–H and O–H groups in total. The number of hydrogen-bond donors (Lipinski definition) is 4. The fraction of sp³-hybridized carbons (Fsp3) is 0.320. The number of nitrogens with zero attached hydrogens (tertiary/aromatic N) is 1. The number of piperidine rings is 1. The molecule has 33 heavy (non-hydrogen) atoms. The Balaban J connectivity index is 1.14. The third-order valence-electron chi connectivity index (χ3n) is 6.56. The van der Waals surface area contributed by atoms with Gasteiger partial charge in [0.15, 0.2) is 0 Å². The monoisotopic (exact) mass is 483 g/mol. The summed E-state index contributed by atoms with van der Waals surface area (Å²) in [5, 5.41) is 6.75. The van der Waals surface area contributed by atoms with Crippen molar-refractivity contribution in [1.29, 1.82) is 0 Å². The Morgan fingerprint density at radius 1 is 1.00 bits per heavy atom. The van der Waals surface area contributed by atoms with Gasteiger partial charge in [0.25, 0.3) is 0 Å². The summed E-state index contributed by atoms with van der Waals surface area (Å²) >= 11 is 12.3. The van der Waals surface area contributed by atoms with E-state index in [9.17, 15) is 4.79 Å². The molecule has 0 spiro atoms. The van der Waals surface area contributed by atoms with Gasteiger partial charge in [-0.15, -0.1) is 0 Å². The molecule has 0 saturated carbocycles. The number of H-pyrrole nitrogens is 2. The number of halogens is 2. The van der Waals surface area contributed by atoms with E-state index >= 15 is 0 Å². The normalized spacial score (nSPS) is 16.5. The second-order valence-electron chi connectivity index (χ2n) is 8.88. The van der Waals surface area contributed by atoms with Crippen LogP contribution in [0.5, 0.6) is 0 Å². The zero-order valence-corrected chi connectivity index (χ0v) is 19.7. The molecule has 6 nitrogen and oxygen atoms in total. The average Bonchev–Trinajstić information content (AvgIpc) is 3.38. The SMILES string of the molecule is N[C@@H](Cc1c[nH]c2ccc(Cl)cc12)C(=O)NC1CCN(Cc2c[nH]c3ccc(Cl)cc23)CC1. The topological polar surface area (TPSA) is 89.9 Å². The second-order valence-corrected chi connectivity index (χ2v) is 9.75. The maximum absolute atomic E-state index is 12.8. The Morgan fingerprint density at radius 3 is 2.21 bits per heavy atom. The maximum Gasteiger partial charge on any atom is 0.237 e. The molecule has 5 rings (SSSR count). The van der Waals surface area contributed by atoms with Crippen LogP contribution in [0, 0.1) is 0 Å². The van der Waals surface area contributed by atoms with Crippen molar-refractivity contribution in [3.8, 4) is 0 Å². The molecule has 0 unspecified atom stereocenters. The van der Waals surface area contributed by atoms with Crippen LogP contribution < -0.4 is 11.1 Å². The number of likely N-dealkylation sites (tertiary alicyclic amines) is 1. The minimum absolute atomic E-state index is 0.101. The summed E-state index contributed by atoms with van der Waals surface area (Å²) < 4.78 is 0. The number of aromatic amines is 2. The fourth-order valence-corrected chi connectivity index (χ4v) is 5.06. The molecule has 2 aromatic carbocycles. The van der Waals surface area contributed by atoms with E-state index in [4.69, 9.17) is 28.9 Å². The lowest BCUT2D eigenvalue weighted by atomic mass is 10.0. The van der Waals surface area contributed by atoms with Crippen molar-refractivity contribution in [2.45, 2.75) is 37.9 Å². The van der Waals surface area contributed by atoms with Gasteiger partial charge in [0.2, 0.25) is 5.91 Å². The number of fused-ring (bicyclic) bond motifs is 2. The number of carbonyl (C=O) groups excluding carboxylic acids is 1. The van der Waals surface area contributed by atoms with Crippen molar-refractivity contribution in [2.24, 2.45) is 5.73 Å². The van der Waals surface area contributed by atoms with Crippen molar-refractivity contribution >= 4 is 50.9 Å². The van der Waals surface area contributed by atoms with Gasteiger partial charge in [0.05, 0.1) is 6.04 Å². The molecule has 0 radical (unpaired) electrons. The second kappa shape index (κ2) is 9.39. The summed E-state index contributed by atoms with van der Waals surface area (Å²) in [5.74, 6) is -0.101. The van der Waals surface area contributed by atoms with Gasteiger partial charge in [0.1, 0.15) is 0 Å². The number of aromatic nitrogens is 2. The number of rotatable bonds is 6. The number of nitrogens with two attached hydrogens (primary N) is 1. The highest BCUT2D eigenvalue weighted by Gasteiger charge is 2.24. The van der Waals surface area contributed by atoms with Gasteiger partial charge < -0.3 is 21.0 Å². The first kappa shape index (κ1) is 22.3. The molecule has 1 fully saturated rings. The first-order valence-corrected chi connectivity index (χ1v) is 12.0. The Morgan fingerprint density at radius 2 is 1.58 bits per heavy atom. The summed E-state index contributed by atoms with van der Waals surface area (Å²) in [4.78, 5) is 21.7. The number of nitrogens with one attached hydrogen (secondary N) is 3. The van der Waals surface area contributed by atoms with E-state index in [-0.39, 0.29) is 11.9 Å². The van der Waals surface area contributed by atoms with E-state index in [1.807, 2.05) is 42.6 Å². The van der Waals surface area contributed by atoms with E-state index in [1.165, 1.54) is 10.9 Å². The van der Waals surface area contributed by atoms with Gasteiger partial charge >= 0.3 is 0 Å². The van der Waals surface area contributed by atoms with E-state index in [0.29, 0.717) is 11.4 Å². The van der Waals surface area contributed by atoms with E-state index in [0.717, 1.165) is 59.5 Å². The molecule has 0 bridgehead atoms. The smallest absolute Gasteiger partial charge is 0.237 e. The Bertz CT molecular complexity index is 1290. The Kier molecular flexibility index (Phi) is 6.34. The van der Waals surface area contributed by atoms with Crippen molar-refractivity contribution in [3.63, 3.8) is 0 Å². The molecule has 4 aromatic rings. The minimum Gasteiger partial charge on any atom is -0.361 e. The quantitative estimate of drug-likeness (QED) is 0.322. The predicted molar refractivity (Wildman–Crippen MR) is 135 cm³/mol. The van der Waals surface area contributed by atoms with Crippen LogP contribution in [0.2, 0.25) is 10.0 Å². The molecule has 1 amide bonds. The molecule has 1 saturated heterocycles. The molecule has 1 aliphatic heterocycles. The summed E-state index contributed by atoms with van der Waals surface area (Å²) in [5.41, 5.74) is 10.6. The highest BCUT2D eigenvalue weighted by molar-refractivity contribution is 6.31. The van der Waals surface area contributed by atoms with Crippen LogP contribution in [0.4, 0.5) is 0 Å². The molecule has 1 aliphatic rings. The number of amides is 1. The lowest BCUT2D eigenvalue weighted by molar-refractivity contribution is -0.123. The van der Waals surface area contributed by atoms with Gasteiger partial charge in [-0.2, -0.15) is 0 Å². The van der Waals surface area contributed by atoms with Crippen LogP contribution in [0.3, 0.4) is 0 Å². The summed E-state index contributed by atoms with van der Waals surface area (Å²) in [6.45, 7) is 2.71. The molecule has 8 heteroatoms. The first-order valence-electron chi connectivity index (χ1n) is 11.3. The van der Waals surface area contributed by atoms with Crippen molar-refractivity contribution in [2.75, 3.05) is 13.1 Å². The van der Waals surface area contributed by atoms with Crippen LogP contribution in [0.25, 0.3) is 21.8 Å². The Labute approximate surface area is 202 Å². The van der Waals surface area contributed by atoms with E-state index in [1.54, 1.807) is 0 Å². The predicted octanol–water partition coefficient (Wildman–Crippen LogP) is 4.61. The van der Waals surface area contributed by atoms with E-state index in [2.05, 4.69) is 26.4 Å². The molecule has 2 aromatic heterocycles. The average molecular weight is 484 g/mol. The van der Waals surface area contributed by atoms with Crippen LogP contribution >= 0.6 is 23.2 Å². The third kappa shape index (κ3) is 4.89. The number of carbonyl (C=O) groups is 1. The van der Waals surface area contributed by atoms with Crippen LogP contribution in [0.15, 0.2) is 48.8 Å². The zero-order valence-electron chi connectivity index (χ0n) is 18.2. The zero-order chi connectivity index (χ0) is 22.9. The molecule has 1 atom stereocenters. The third-order valence-corrected chi connectivity index (χ3v) is 7.03. The van der Waals surface area contributed by atoms with Crippen LogP contribution in [-0.4, -0.2) is 45.9 Å². The Hall–Kier alpha value is -2.51. The standard InChI is InChI=1S/C25H27Cl2N5O/c26-17-1-3-23-20(10-17)15(12-29-23)9-22(28)25(33)31-19-5-7-32(8-6-19)14-16-13-30-24-4-2-18(27)11-21(16)24/h1-4,10-13,19,22,29-30H,5-9,14,28H2,(H,31,33)/t22-/m0/s1. The van der Waals surface area contributed by atoms with Crippen molar-refractivity contribution in [3.05, 3.63) is 70.0 Å². The van der Waals surface area contributed by atoms with E-state index < -0.39 is 6.04 Å². The number of hydrogen-bond acceptors (Lipinski definition) is 3. The lowest BCUT2D eigenvalue weighted by Crippen LogP contribution is -2.50. The maximum atomic E-state index is 12.8. The van der Waals surface area contributed by atoms with Crippen molar-refractivity contribution in [1.82, 2.24) is 20.2 Å². The van der Waals surface area contributed by atoms with Gasteiger partial charge in [-0.1, -0.05) is 23.2 Å². The highest BCUT2D eigenvalue weighted by Crippen LogP contribution is 2.25. The van der Waals surface area contributed by atoms with Gasteiger partial charge in [0, 0.05) is 69.9 Å². The van der Waals surface area contributed by atoms with Crippen LogP contribution in [0.1, 0.15) is 24.0 Å². The first-order chi connectivity index (χ1) is 16.0. The van der Waals surface area contributed by atoms with Gasteiger partial charge in [-0.3, -0.25) is 9.69 Å². The van der Waals surface area contributed by atoms with Gasteiger partial charge in [-0.25, -0.2) is 0 Å².